The first-order valence-corrected chi connectivity index (χ1v) is 7.90. The van der Waals surface area contributed by atoms with Gasteiger partial charge in [0.25, 0.3) is 0 Å². The third-order valence-electron chi connectivity index (χ3n) is 4.89. The summed E-state index contributed by atoms with van der Waals surface area (Å²) in [5.74, 6) is 0.792. The molecule has 1 heterocycles. The summed E-state index contributed by atoms with van der Waals surface area (Å²) in [6.45, 7) is 5.09. The quantitative estimate of drug-likeness (QED) is 0.717. The molecule has 1 saturated heterocycles. The first kappa shape index (κ1) is 15.0. The van der Waals surface area contributed by atoms with Crippen LogP contribution in [0.1, 0.15) is 51.9 Å². The number of likely N-dealkylation sites (N-methyl/N-ethyl adjacent to an activating group) is 1. The van der Waals surface area contributed by atoms with E-state index in [1.165, 1.54) is 38.4 Å². The van der Waals surface area contributed by atoms with Crippen molar-refractivity contribution in [1.29, 1.82) is 0 Å². The Morgan fingerprint density at radius 3 is 2.58 bits per heavy atom. The predicted molar refractivity (Wildman–Crippen MR) is 77.2 cm³/mol. The first-order chi connectivity index (χ1) is 9.13. The monoisotopic (exact) mass is 267 g/mol. The molecule has 1 aliphatic heterocycles. The van der Waals surface area contributed by atoms with E-state index in [4.69, 9.17) is 4.74 Å². The highest BCUT2D eigenvalue weighted by atomic mass is 16.5. The van der Waals surface area contributed by atoms with E-state index in [1.807, 2.05) is 0 Å². The number of carbonyl (C=O) groups is 1. The van der Waals surface area contributed by atoms with E-state index >= 15 is 0 Å². The van der Waals surface area contributed by atoms with Crippen LogP contribution in [0.2, 0.25) is 0 Å². The first-order valence-electron chi connectivity index (χ1n) is 7.90. The van der Waals surface area contributed by atoms with Gasteiger partial charge in [0, 0.05) is 25.1 Å². The van der Waals surface area contributed by atoms with Gasteiger partial charge in [0.2, 0.25) is 0 Å². The summed E-state index contributed by atoms with van der Waals surface area (Å²) in [5, 5.41) is 0. The van der Waals surface area contributed by atoms with Gasteiger partial charge in [0.15, 0.2) is 0 Å². The lowest BCUT2D eigenvalue weighted by molar-refractivity contribution is -0.119. The number of hydrogen-bond acceptors (Lipinski definition) is 3. The molecule has 2 aliphatic rings. The van der Waals surface area contributed by atoms with Gasteiger partial charge in [0.05, 0.1) is 6.10 Å². The second kappa shape index (κ2) is 6.85. The topological polar surface area (TPSA) is 29.5 Å². The summed E-state index contributed by atoms with van der Waals surface area (Å²) < 4.78 is 5.79. The van der Waals surface area contributed by atoms with Crippen LogP contribution in [0.3, 0.4) is 0 Å². The van der Waals surface area contributed by atoms with Crippen LogP contribution < -0.4 is 0 Å². The molecule has 0 N–H and O–H groups in total. The summed E-state index contributed by atoms with van der Waals surface area (Å²) in [6, 6.07) is 0. The van der Waals surface area contributed by atoms with Gasteiger partial charge in [-0.15, -0.1) is 0 Å². The second-order valence-electron chi connectivity index (χ2n) is 6.85. The van der Waals surface area contributed by atoms with Gasteiger partial charge < -0.3 is 14.4 Å². The highest BCUT2D eigenvalue weighted by Gasteiger charge is 2.35. The van der Waals surface area contributed by atoms with Crippen LogP contribution >= 0.6 is 0 Å². The van der Waals surface area contributed by atoms with Gasteiger partial charge >= 0.3 is 0 Å². The molecule has 0 aromatic carbocycles. The standard InChI is InChI=1S/C16H29NO2/c1-14-6-8-16(13-18,9-7-14)12-17(2)11-15-5-3-4-10-19-15/h13-15H,3-12H2,1-2H3. The molecule has 2 rings (SSSR count). The maximum atomic E-state index is 11.6. The molecule has 1 atom stereocenters. The highest BCUT2D eigenvalue weighted by molar-refractivity contribution is 5.60. The van der Waals surface area contributed by atoms with Crippen molar-refractivity contribution < 1.29 is 9.53 Å². The summed E-state index contributed by atoms with van der Waals surface area (Å²) in [4.78, 5) is 13.9. The van der Waals surface area contributed by atoms with E-state index in [0.29, 0.717) is 6.10 Å². The van der Waals surface area contributed by atoms with Crippen LogP contribution in [0.25, 0.3) is 0 Å². The number of nitrogens with zero attached hydrogens (tertiary/aromatic N) is 1. The van der Waals surface area contributed by atoms with Gasteiger partial charge in [-0.25, -0.2) is 0 Å². The smallest absolute Gasteiger partial charge is 0.127 e. The molecule has 1 unspecified atom stereocenters. The van der Waals surface area contributed by atoms with Crippen LogP contribution in [0.15, 0.2) is 0 Å². The molecule has 3 heteroatoms. The Morgan fingerprint density at radius 2 is 2.00 bits per heavy atom. The Balaban J connectivity index is 1.81. The van der Waals surface area contributed by atoms with E-state index in [1.54, 1.807) is 0 Å². The van der Waals surface area contributed by atoms with Gasteiger partial charge in [-0.3, -0.25) is 0 Å². The zero-order valence-electron chi connectivity index (χ0n) is 12.6. The maximum Gasteiger partial charge on any atom is 0.127 e. The Kier molecular flexibility index (Phi) is 5.40. The summed E-state index contributed by atoms with van der Waals surface area (Å²) in [6.07, 6.45) is 9.81. The summed E-state index contributed by atoms with van der Waals surface area (Å²) in [5.41, 5.74) is -0.0874. The molecule has 0 spiro atoms. The molecule has 0 aromatic rings. The zero-order chi connectivity index (χ0) is 13.7. The Labute approximate surface area is 117 Å². The molecular formula is C16H29NO2. The minimum Gasteiger partial charge on any atom is -0.377 e. The lowest BCUT2D eigenvalue weighted by Crippen LogP contribution is -2.43. The fourth-order valence-corrected chi connectivity index (χ4v) is 3.55. The van der Waals surface area contributed by atoms with Gasteiger partial charge in [-0.1, -0.05) is 6.92 Å². The molecule has 19 heavy (non-hydrogen) atoms. The minimum absolute atomic E-state index is 0.0874. The van der Waals surface area contributed by atoms with Gasteiger partial charge in [0.1, 0.15) is 6.29 Å². The number of aldehydes is 1. The summed E-state index contributed by atoms with van der Waals surface area (Å²) in [7, 11) is 2.14. The van der Waals surface area contributed by atoms with Crippen LogP contribution in [-0.2, 0) is 9.53 Å². The Morgan fingerprint density at radius 1 is 1.26 bits per heavy atom. The lowest BCUT2D eigenvalue weighted by atomic mass is 9.71. The molecule has 3 nitrogen and oxygen atoms in total. The average molecular weight is 267 g/mol. The fourth-order valence-electron chi connectivity index (χ4n) is 3.55. The lowest BCUT2D eigenvalue weighted by Gasteiger charge is -2.38. The molecule has 110 valence electrons. The zero-order valence-corrected chi connectivity index (χ0v) is 12.6. The molecule has 2 fully saturated rings. The van der Waals surface area contributed by atoms with Crippen LogP contribution in [0.5, 0.6) is 0 Å². The normalized spacial score (nSPS) is 36.4. The largest absolute Gasteiger partial charge is 0.377 e. The van der Waals surface area contributed by atoms with Crippen molar-refractivity contribution in [2.45, 2.75) is 58.0 Å². The summed E-state index contributed by atoms with van der Waals surface area (Å²) >= 11 is 0. The predicted octanol–water partition coefficient (Wildman–Crippen LogP) is 2.88. The molecule has 1 aliphatic carbocycles. The van der Waals surface area contributed by atoms with E-state index in [-0.39, 0.29) is 5.41 Å². The number of hydrogen-bond donors (Lipinski definition) is 0. The Hall–Kier alpha value is -0.410. The van der Waals surface area contributed by atoms with Gasteiger partial charge in [-0.2, -0.15) is 0 Å². The van der Waals surface area contributed by atoms with Crippen molar-refractivity contribution in [1.82, 2.24) is 4.90 Å². The van der Waals surface area contributed by atoms with Crippen LogP contribution in [0, 0.1) is 11.3 Å². The number of rotatable bonds is 5. The third-order valence-corrected chi connectivity index (χ3v) is 4.89. The molecule has 1 saturated carbocycles. The fraction of sp³-hybridized carbons (Fsp3) is 0.938. The molecule has 0 aromatic heterocycles. The van der Waals surface area contributed by atoms with Gasteiger partial charge in [-0.05, 0) is 57.9 Å². The average Bonchev–Trinajstić information content (AvgIpc) is 2.43. The number of ether oxygens (including phenoxy) is 1. The molecular weight excluding hydrogens is 238 g/mol. The molecule has 0 radical (unpaired) electrons. The number of carbonyl (C=O) groups excluding carboxylic acids is 1. The van der Waals surface area contributed by atoms with Crippen molar-refractivity contribution in [3.8, 4) is 0 Å². The maximum absolute atomic E-state index is 11.6. The van der Waals surface area contributed by atoms with Crippen molar-refractivity contribution in [2.24, 2.45) is 11.3 Å². The Bertz CT molecular complexity index is 278. The van der Waals surface area contributed by atoms with Crippen molar-refractivity contribution in [2.75, 3.05) is 26.7 Å². The van der Waals surface area contributed by atoms with Crippen molar-refractivity contribution >= 4 is 6.29 Å². The second-order valence-corrected chi connectivity index (χ2v) is 6.85. The van der Waals surface area contributed by atoms with E-state index in [2.05, 4.69) is 18.9 Å². The van der Waals surface area contributed by atoms with Crippen LogP contribution in [-0.4, -0.2) is 44.0 Å². The van der Waals surface area contributed by atoms with Crippen molar-refractivity contribution in [3.05, 3.63) is 0 Å². The minimum atomic E-state index is -0.0874. The van der Waals surface area contributed by atoms with Crippen LogP contribution in [0.4, 0.5) is 0 Å². The third kappa shape index (κ3) is 4.28. The highest BCUT2D eigenvalue weighted by Crippen LogP contribution is 2.37. The van der Waals surface area contributed by atoms with E-state index < -0.39 is 0 Å². The van der Waals surface area contributed by atoms with Crippen molar-refractivity contribution in [3.63, 3.8) is 0 Å². The molecule has 0 bridgehead atoms. The SMILES string of the molecule is CC1CCC(C=O)(CN(C)CC2CCCCO2)CC1. The van der Waals surface area contributed by atoms with E-state index in [0.717, 1.165) is 38.5 Å². The molecule has 0 amide bonds. The van der Waals surface area contributed by atoms with E-state index in [9.17, 15) is 4.79 Å².